The van der Waals surface area contributed by atoms with Gasteiger partial charge in [-0.1, -0.05) is 18.2 Å². The van der Waals surface area contributed by atoms with Gasteiger partial charge in [0.1, 0.15) is 5.76 Å². The minimum absolute atomic E-state index is 0.100. The van der Waals surface area contributed by atoms with Gasteiger partial charge in [0.05, 0.1) is 6.26 Å². The van der Waals surface area contributed by atoms with Crippen LogP contribution in [0.5, 0.6) is 0 Å². The SMILES string of the molecule is Cc1oc(-c2ccccc2)nc1C(=O)N1CCCC(CNS(C)(=O)=O)C1. The van der Waals surface area contributed by atoms with Crippen LogP contribution in [0.4, 0.5) is 0 Å². The van der Waals surface area contributed by atoms with E-state index in [0.717, 1.165) is 24.7 Å². The minimum atomic E-state index is -3.23. The second kappa shape index (κ2) is 7.59. The molecular weight excluding hydrogens is 354 g/mol. The van der Waals surface area contributed by atoms with Crippen LogP contribution in [-0.2, 0) is 10.0 Å². The third kappa shape index (κ3) is 4.50. The number of sulfonamides is 1. The Kier molecular flexibility index (Phi) is 5.43. The van der Waals surface area contributed by atoms with Crippen molar-refractivity contribution in [3.05, 3.63) is 41.8 Å². The topological polar surface area (TPSA) is 92.5 Å². The lowest BCUT2D eigenvalue weighted by Gasteiger charge is -2.32. The highest BCUT2D eigenvalue weighted by molar-refractivity contribution is 7.88. The molecule has 1 aliphatic rings. The van der Waals surface area contributed by atoms with Crippen molar-refractivity contribution in [2.24, 2.45) is 5.92 Å². The van der Waals surface area contributed by atoms with Crippen LogP contribution in [0.15, 0.2) is 34.7 Å². The Morgan fingerprint density at radius 1 is 1.35 bits per heavy atom. The third-order valence-corrected chi connectivity index (χ3v) is 5.15. The van der Waals surface area contributed by atoms with Crippen LogP contribution in [0.3, 0.4) is 0 Å². The number of rotatable bonds is 5. The van der Waals surface area contributed by atoms with Crippen LogP contribution in [-0.4, -0.2) is 50.1 Å². The highest BCUT2D eigenvalue weighted by atomic mass is 32.2. The second-order valence-electron chi connectivity index (χ2n) is 6.67. The van der Waals surface area contributed by atoms with Crippen LogP contribution in [0.1, 0.15) is 29.1 Å². The van der Waals surface area contributed by atoms with E-state index in [2.05, 4.69) is 9.71 Å². The summed E-state index contributed by atoms with van der Waals surface area (Å²) in [4.78, 5) is 19.0. The molecule has 1 amide bonds. The average molecular weight is 377 g/mol. The van der Waals surface area contributed by atoms with E-state index in [1.165, 1.54) is 0 Å². The predicted molar refractivity (Wildman–Crippen MR) is 98.2 cm³/mol. The molecule has 1 atom stereocenters. The van der Waals surface area contributed by atoms with E-state index in [0.29, 0.717) is 37.0 Å². The molecule has 2 aromatic rings. The fourth-order valence-corrected chi connectivity index (χ4v) is 3.67. The van der Waals surface area contributed by atoms with Gasteiger partial charge in [0.2, 0.25) is 15.9 Å². The molecule has 0 radical (unpaired) electrons. The molecule has 1 aromatic carbocycles. The van der Waals surface area contributed by atoms with E-state index < -0.39 is 10.0 Å². The molecule has 0 bridgehead atoms. The monoisotopic (exact) mass is 377 g/mol. The molecule has 1 aliphatic heterocycles. The Morgan fingerprint density at radius 2 is 2.08 bits per heavy atom. The first kappa shape index (κ1) is 18.6. The second-order valence-corrected chi connectivity index (χ2v) is 8.50. The normalized spacial score (nSPS) is 18.1. The number of hydrogen-bond donors (Lipinski definition) is 1. The number of piperidine rings is 1. The molecule has 2 heterocycles. The zero-order valence-electron chi connectivity index (χ0n) is 14.9. The predicted octanol–water partition coefficient (Wildman–Crippen LogP) is 2.05. The number of benzene rings is 1. The van der Waals surface area contributed by atoms with Crippen LogP contribution in [0.2, 0.25) is 0 Å². The average Bonchev–Trinajstić information content (AvgIpc) is 3.01. The Hall–Kier alpha value is -2.19. The maximum Gasteiger partial charge on any atom is 0.276 e. The van der Waals surface area contributed by atoms with Crippen molar-refractivity contribution >= 4 is 15.9 Å². The molecule has 1 saturated heterocycles. The van der Waals surface area contributed by atoms with Crippen molar-refractivity contribution in [3.63, 3.8) is 0 Å². The smallest absolute Gasteiger partial charge is 0.276 e. The van der Waals surface area contributed by atoms with Crippen LogP contribution in [0.25, 0.3) is 11.5 Å². The van der Waals surface area contributed by atoms with Gasteiger partial charge in [-0.25, -0.2) is 18.1 Å². The lowest BCUT2D eigenvalue weighted by molar-refractivity contribution is 0.0669. The van der Waals surface area contributed by atoms with E-state index in [9.17, 15) is 13.2 Å². The summed E-state index contributed by atoms with van der Waals surface area (Å²) in [7, 11) is -3.23. The summed E-state index contributed by atoms with van der Waals surface area (Å²) >= 11 is 0. The number of likely N-dealkylation sites (tertiary alicyclic amines) is 1. The van der Waals surface area contributed by atoms with Gasteiger partial charge in [-0.15, -0.1) is 0 Å². The molecule has 26 heavy (non-hydrogen) atoms. The van der Waals surface area contributed by atoms with Crippen molar-refractivity contribution in [1.82, 2.24) is 14.6 Å². The highest BCUT2D eigenvalue weighted by Gasteiger charge is 2.28. The number of oxazole rings is 1. The Balaban J connectivity index is 1.72. The molecule has 140 valence electrons. The van der Waals surface area contributed by atoms with Gasteiger partial charge in [-0.05, 0) is 37.8 Å². The number of aromatic nitrogens is 1. The summed E-state index contributed by atoms with van der Waals surface area (Å²) in [6.45, 7) is 3.23. The zero-order valence-corrected chi connectivity index (χ0v) is 15.8. The lowest BCUT2D eigenvalue weighted by Crippen LogP contribution is -2.43. The van der Waals surface area contributed by atoms with Crippen LogP contribution >= 0.6 is 0 Å². The van der Waals surface area contributed by atoms with Crippen molar-refractivity contribution in [1.29, 1.82) is 0 Å². The molecule has 7 nitrogen and oxygen atoms in total. The first-order chi connectivity index (χ1) is 12.3. The Bertz CT molecular complexity index is 877. The number of hydrogen-bond acceptors (Lipinski definition) is 5. The number of amides is 1. The lowest BCUT2D eigenvalue weighted by atomic mass is 9.98. The molecule has 1 N–H and O–H groups in total. The van der Waals surface area contributed by atoms with Crippen molar-refractivity contribution < 1.29 is 17.6 Å². The van der Waals surface area contributed by atoms with Gasteiger partial charge in [0, 0.05) is 25.2 Å². The maximum absolute atomic E-state index is 12.9. The number of carbonyl (C=O) groups is 1. The first-order valence-corrected chi connectivity index (χ1v) is 10.5. The fourth-order valence-electron chi connectivity index (χ4n) is 3.13. The number of aryl methyl sites for hydroxylation is 1. The summed E-state index contributed by atoms with van der Waals surface area (Å²) in [5.41, 5.74) is 1.14. The number of nitrogens with zero attached hydrogens (tertiary/aromatic N) is 2. The van der Waals surface area contributed by atoms with Gasteiger partial charge in [0.15, 0.2) is 5.69 Å². The third-order valence-electron chi connectivity index (χ3n) is 4.46. The van der Waals surface area contributed by atoms with Crippen molar-refractivity contribution in [3.8, 4) is 11.5 Å². The van der Waals surface area contributed by atoms with Gasteiger partial charge in [0.25, 0.3) is 5.91 Å². The molecule has 1 fully saturated rings. The summed E-state index contributed by atoms with van der Waals surface area (Å²) in [5.74, 6) is 0.852. The number of carbonyl (C=O) groups excluding carboxylic acids is 1. The first-order valence-electron chi connectivity index (χ1n) is 8.60. The van der Waals surface area contributed by atoms with Crippen LogP contribution in [0, 0.1) is 12.8 Å². The van der Waals surface area contributed by atoms with Gasteiger partial charge in [-0.2, -0.15) is 0 Å². The van der Waals surface area contributed by atoms with E-state index in [1.807, 2.05) is 30.3 Å². The van der Waals surface area contributed by atoms with E-state index in [4.69, 9.17) is 4.42 Å². The summed E-state index contributed by atoms with van der Waals surface area (Å²) in [6.07, 6.45) is 2.87. The molecule has 8 heteroatoms. The molecule has 1 aromatic heterocycles. The molecular formula is C18H23N3O4S. The summed E-state index contributed by atoms with van der Waals surface area (Å²) < 4.78 is 30.8. The largest absolute Gasteiger partial charge is 0.441 e. The Labute approximate surface area is 153 Å². The molecule has 0 spiro atoms. The van der Waals surface area contributed by atoms with E-state index >= 15 is 0 Å². The quantitative estimate of drug-likeness (QED) is 0.861. The summed E-state index contributed by atoms with van der Waals surface area (Å²) in [6, 6.07) is 9.45. The molecule has 0 aliphatic carbocycles. The summed E-state index contributed by atoms with van der Waals surface area (Å²) in [5, 5.41) is 0. The molecule has 3 rings (SSSR count). The zero-order chi connectivity index (χ0) is 18.7. The highest BCUT2D eigenvalue weighted by Crippen LogP contribution is 2.24. The van der Waals surface area contributed by atoms with Crippen molar-refractivity contribution in [2.45, 2.75) is 19.8 Å². The van der Waals surface area contributed by atoms with Crippen LogP contribution < -0.4 is 4.72 Å². The minimum Gasteiger partial charge on any atom is -0.441 e. The van der Waals surface area contributed by atoms with Gasteiger partial charge < -0.3 is 9.32 Å². The molecule has 1 unspecified atom stereocenters. The Morgan fingerprint density at radius 3 is 2.77 bits per heavy atom. The van der Waals surface area contributed by atoms with E-state index in [-0.39, 0.29) is 11.8 Å². The fraction of sp³-hybridized carbons (Fsp3) is 0.444. The van der Waals surface area contributed by atoms with Gasteiger partial charge >= 0.3 is 0 Å². The molecule has 0 saturated carbocycles. The van der Waals surface area contributed by atoms with Crippen molar-refractivity contribution in [2.75, 3.05) is 25.9 Å². The maximum atomic E-state index is 12.9. The van der Waals surface area contributed by atoms with Gasteiger partial charge in [-0.3, -0.25) is 4.79 Å². The standard InChI is InChI=1S/C18H23N3O4S/c1-13-16(20-17(25-13)15-8-4-3-5-9-15)18(22)21-10-6-7-14(12-21)11-19-26(2,23)24/h3-5,8-9,14,19H,6-7,10-12H2,1-2H3. The van der Waals surface area contributed by atoms with E-state index in [1.54, 1.807) is 11.8 Å². The number of nitrogens with one attached hydrogen (secondary N) is 1.